The van der Waals surface area contributed by atoms with Gasteiger partial charge >= 0.3 is 40.3 Å². The Morgan fingerprint density at radius 1 is 1.00 bits per heavy atom. The van der Waals surface area contributed by atoms with Gasteiger partial charge in [0.05, 0.1) is 19.6 Å². The van der Waals surface area contributed by atoms with Gasteiger partial charge in [-0.25, -0.2) is 28.4 Å². The predicted octanol–water partition coefficient (Wildman–Crippen LogP) is -1.65. The average Bonchev–Trinajstić information content (AvgIpc) is 3.16. The summed E-state index contributed by atoms with van der Waals surface area (Å²) in [6.45, 7) is 0.949. The molecule has 2 heterocycles. The van der Waals surface area contributed by atoms with E-state index in [0.29, 0.717) is 9.91 Å². The summed E-state index contributed by atoms with van der Waals surface area (Å²) in [6, 6.07) is -0.451. The van der Waals surface area contributed by atoms with Crippen molar-refractivity contribution >= 4 is 52.1 Å². The topological polar surface area (TPSA) is 238 Å². The number of benzene rings is 1. The van der Waals surface area contributed by atoms with Gasteiger partial charge in [-0.15, -0.1) is 0 Å². The van der Waals surface area contributed by atoms with Crippen LogP contribution in [0.4, 0.5) is 14.4 Å². The van der Waals surface area contributed by atoms with E-state index < -0.39 is 71.2 Å². The molecule has 2 fully saturated rings. The second-order valence-electron chi connectivity index (χ2n) is 7.66. The van der Waals surface area contributed by atoms with Crippen molar-refractivity contribution in [3.63, 3.8) is 0 Å². The molecule has 1 aromatic rings. The molecule has 2 aliphatic heterocycles. The van der Waals surface area contributed by atoms with Gasteiger partial charge in [0.25, 0.3) is 11.8 Å². The Bertz CT molecular complexity index is 1350. The number of urea groups is 2. The lowest BCUT2D eigenvalue weighted by atomic mass is 10.1. The van der Waals surface area contributed by atoms with E-state index in [1.165, 1.54) is 16.9 Å². The van der Waals surface area contributed by atoms with Crippen molar-refractivity contribution in [3.05, 3.63) is 23.8 Å². The summed E-state index contributed by atoms with van der Waals surface area (Å²) >= 11 is 0. The van der Waals surface area contributed by atoms with Gasteiger partial charge in [-0.3, -0.25) is 29.5 Å². The minimum Gasteiger partial charge on any atom is -0.465 e. The third-order valence-electron chi connectivity index (χ3n) is 4.90. The van der Waals surface area contributed by atoms with Gasteiger partial charge in [0.1, 0.15) is 6.04 Å². The van der Waals surface area contributed by atoms with Crippen molar-refractivity contribution in [2.75, 3.05) is 19.6 Å². The number of nitrogens with zero attached hydrogens (tertiary/aromatic N) is 3. The number of carboxylic acid groups (broad SMARTS) is 1. The van der Waals surface area contributed by atoms with E-state index in [4.69, 9.17) is 14.6 Å². The van der Waals surface area contributed by atoms with Crippen LogP contribution >= 0.6 is 0 Å². The molecule has 7 amide bonds. The first-order valence-corrected chi connectivity index (χ1v) is 11.9. The number of amides is 7. The fourth-order valence-corrected chi connectivity index (χ4v) is 4.31. The van der Waals surface area contributed by atoms with Crippen LogP contribution in [-0.4, -0.2) is 95.3 Å². The highest BCUT2D eigenvalue weighted by molar-refractivity contribution is 7.88. The molecule has 0 aromatic heterocycles. The quantitative estimate of drug-likeness (QED) is 0.168. The number of β-lactam (4-membered cyclic amide) rings is 1. The molecule has 4 N–H and O–H groups in total. The molecule has 0 bridgehead atoms. The zero-order valence-electron chi connectivity index (χ0n) is 19.6. The molecule has 0 saturated carbocycles. The summed E-state index contributed by atoms with van der Waals surface area (Å²) in [4.78, 5) is 82.8. The van der Waals surface area contributed by atoms with Crippen LogP contribution in [0, 0.1) is 0 Å². The molecule has 1 atom stereocenters. The van der Waals surface area contributed by atoms with E-state index in [9.17, 15) is 42.0 Å². The first kappa shape index (κ1) is 27.6. The molecule has 2 aliphatic rings. The Labute approximate surface area is 213 Å². The van der Waals surface area contributed by atoms with Crippen LogP contribution in [0.1, 0.15) is 24.2 Å². The summed E-state index contributed by atoms with van der Waals surface area (Å²) in [5.74, 6) is -3.83. The number of rotatable bonds is 7. The van der Waals surface area contributed by atoms with E-state index in [1.807, 2.05) is 5.32 Å². The molecule has 0 spiro atoms. The molecular weight excluding hydrogens is 536 g/mol. The lowest BCUT2D eigenvalue weighted by molar-refractivity contribution is -0.139. The third kappa shape index (κ3) is 6.06. The van der Waals surface area contributed by atoms with Crippen molar-refractivity contribution in [1.82, 2.24) is 29.7 Å². The lowest BCUT2D eigenvalue weighted by Gasteiger charge is -2.36. The molecule has 3 rings (SSSR count). The average molecular weight is 556 g/mol. The summed E-state index contributed by atoms with van der Waals surface area (Å²) in [7, 11) is -4.81. The number of imide groups is 1. The highest BCUT2D eigenvalue weighted by Crippen LogP contribution is 2.29. The Hall–Kier alpha value is -4.94. The van der Waals surface area contributed by atoms with Crippen molar-refractivity contribution in [2.24, 2.45) is 0 Å². The fraction of sp³-hybridized carbons (Fsp3) is 0.316. The SMILES string of the molecule is CC(=O)Oc1ccc(C(=O)NN2CCN(S(=O)(=O)NC(=O)N3C[C@H](NC(=O)O)C3=O)C2=O)cc1OC(C)=O. The van der Waals surface area contributed by atoms with Gasteiger partial charge in [0, 0.05) is 19.4 Å². The molecule has 38 heavy (non-hydrogen) atoms. The summed E-state index contributed by atoms with van der Waals surface area (Å²) in [5.41, 5.74) is 2.01. The highest BCUT2D eigenvalue weighted by Gasteiger charge is 2.45. The monoisotopic (exact) mass is 556 g/mol. The standard InChI is InChI=1S/C19H20N6O12S/c1-9(26)36-13-4-3-11(7-14(13)37-10(2)27)15(28)21-24-5-6-25(19(24)33)38(34,35)22-17(30)23-8-12(16(23)29)20-18(31)32/h3-4,7,12,20H,5-6,8H2,1-2H3,(H,21,28)(H,22,30)(H,31,32)/t12-/m0/s1. The molecule has 1 aromatic carbocycles. The second-order valence-corrected chi connectivity index (χ2v) is 9.25. The Kier molecular flexibility index (Phi) is 7.70. The van der Waals surface area contributed by atoms with E-state index in [-0.39, 0.29) is 27.9 Å². The molecular formula is C19H20N6O12S. The fourth-order valence-electron chi connectivity index (χ4n) is 3.24. The molecule has 19 heteroatoms. The number of carbonyl (C=O) groups excluding carboxylic acids is 6. The van der Waals surface area contributed by atoms with Crippen LogP contribution in [0.15, 0.2) is 18.2 Å². The van der Waals surface area contributed by atoms with Crippen molar-refractivity contribution < 1.29 is 56.6 Å². The van der Waals surface area contributed by atoms with Crippen LogP contribution in [-0.2, 0) is 24.6 Å². The largest absolute Gasteiger partial charge is 0.465 e. The van der Waals surface area contributed by atoms with Crippen molar-refractivity contribution in [1.29, 1.82) is 0 Å². The summed E-state index contributed by atoms with van der Waals surface area (Å²) in [6.07, 6.45) is -1.51. The van der Waals surface area contributed by atoms with Gasteiger partial charge in [-0.1, -0.05) is 0 Å². The second kappa shape index (κ2) is 10.6. The Morgan fingerprint density at radius 2 is 1.63 bits per heavy atom. The normalized spacial score (nSPS) is 16.9. The van der Waals surface area contributed by atoms with E-state index in [0.717, 1.165) is 19.9 Å². The zero-order chi connectivity index (χ0) is 28.4. The molecule has 2 saturated heterocycles. The first-order chi connectivity index (χ1) is 17.7. The van der Waals surface area contributed by atoms with Gasteiger partial charge in [0.2, 0.25) is 0 Å². The molecule has 204 valence electrons. The first-order valence-electron chi connectivity index (χ1n) is 10.5. The maximum absolute atomic E-state index is 12.6. The Balaban J connectivity index is 1.64. The van der Waals surface area contributed by atoms with Gasteiger partial charge < -0.3 is 19.9 Å². The van der Waals surface area contributed by atoms with E-state index in [2.05, 4.69) is 5.43 Å². The van der Waals surface area contributed by atoms with Crippen molar-refractivity contribution in [3.8, 4) is 11.5 Å². The summed E-state index contributed by atoms with van der Waals surface area (Å²) in [5, 5.41) is 11.1. The highest BCUT2D eigenvalue weighted by atomic mass is 32.2. The minimum atomic E-state index is -4.81. The van der Waals surface area contributed by atoms with Crippen molar-refractivity contribution in [2.45, 2.75) is 19.9 Å². The number of esters is 2. The van der Waals surface area contributed by atoms with E-state index >= 15 is 0 Å². The number of nitrogens with one attached hydrogen (secondary N) is 3. The van der Waals surface area contributed by atoms with E-state index in [1.54, 1.807) is 0 Å². The van der Waals surface area contributed by atoms with Crippen LogP contribution in [0.5, 0.6) is 11.5 Å². The molecule has 0 unspecified atom stereocenters. The van der Waals surface area contributed by atoms with Gasteiger partial charge in [0.15, 0.2) is 11.5 Å². The molecule has 0 radical (unpaired) electrons. The molecule has 18 nitrogen and oxygen atoms in total. The van der Waals surface area contributed by atoms with Crippen LogP contribution in [0.2, 0.25) is 0 Å². The van der Waals surface area contributed by atoms with Gasteiger partial charge in [-0.2, -0.15) is 8.42 Å². The van der Waals surface area contributed by atoms with Gasteiger partial charge in [-0.05, 0) is 18.2 Å². The summed E-state index contributed by atoms with van der Waals surface area (Å²) < 4.78 is 36.7. The Morgan fingerprint density at radius 3 is 2.21 bits per heavy atom. The number of hydrogen-bond acceptors (Lipinski definition) is 11. The number of likely N-dealkylation sites (tertiary alicyclic amines) is 1. The van der Waals surface area contributed by atoms with Crippen LogP contribution in [0.3, 0.4) is 0 Å². The number of hydrogen-bond donors (Lipinski definition) is 4. The minimum absolute atomic E-state index is 0.152. The van der Waals surface area contributed by atoms with Crippen LogP contribution in [0.25, 0.3) is 0 Å². The number of hydrazine groups is 1. The zero-order valence-corrected chi connectivity index (χ0v) is 20.4. The number of ether oxygens (including phenoxy) is 2. The predicted molar refractivity (Wildman–Crippen MR) is 119 cm³/mol. The third-order valence-corrected chi connectivity index (χ3v) is 6.25. The maximum Gasteiger partial charge on any atom is 0.405 e. The lowest BCUT2D eigenvalue weighted by Crippen LogP contribution is -2.67. The molecule has 0 aliphatic carbocycles. The maximum atomic E-state index is 12.6. The van der Waals surface area contributed by atoms with Crippen LogP contribution < -0.4 is 24.9 Å². The smallest absolute Gasteiger partial charge is 0.405 e. The number of carbonyl (C=O) groups is 7.